The molecule has 0 aromatic carbocycles. The highest BCUT2D eigenvalue weighted by Crippen LogP contribution is 2.31. The van der Waals surface area contributed by atoms with Gasteiger partial charge in [0.1, 0.15) is 0 Å². The number of hydrogen-bond acceptors (Lipinski definition) is 4. The monoisotopic (exact) mass is 266 g/mol. The fourth-order valence-electron chi connectivity index (χ4n) is 2.95. The molecule has 108 valence electrons. The molecule has 0 spiro atoms. The van der Waals surface area contributed by atoms with Crippen molar-refractivity contribution in [2.24, 2.45) is 12.8 Å². The lowest BCUT2D eigenvalue weighted by Crippen LogP contribution is -2.56. The second-order valence-corrected chi connectivity index (χ2v) is 5.66. The van der Waals surface area contributed by atoms with E-state index in [1.54, 1.807) is 0 Å². The molecule has 0 saturated carbocycles. The first-order valence-corrected chi connectivity index (χ1v) is 7.10. The maximum atomic E-state index is 6.10. The third-order valence-electron chi connectivity index (χ3n) is 4.35. The van der Waals surface area contributed by atoms with Gasteiger partial charge >= 0.3 is 0 Å². The van der Waals surface area contributed by atoms with Crippen LogP contribution in [0.25, 0.3) is 0 Å². The highest BCUT2D eigenvalue weighted by molar-refractivity contribution is 5.06. The van der Waals surface area contributed by atoms with Gasteiger partial charge in [0.25, 0.3) is 0 Å². The minimum Gasteiger partial charge on any atom is -0.378 e. The first-order chi connectivity index (χ1) is 9.09. The lowest BCUT2D eigenvalue weighted by Gasteiger charge is -2.46. The molecule has 5 nitrogen and oxygen atoms in total. The average molecular weight is 266 g/mol. The molecule has 2 atom stereocenters. The zero-order valence-corrected chi connectivity index (χ0v) is 12.3. The molecule has 2 unspecified atom stereocenters. The van der Waals surface area contributed by atoms with Gasteiger partial charge in [-0.15, -0.1) is 0 Å². The fourth-order valence-corrected chi connectivity index (χ4v) is 2.95. The first kappa shape index (κ1) is 14.5. The van der Waals surface area contributed by atoms with Crippen molar-refractivity contribution in [3.05, 3.63) is 18.0 Å². The van der Waals surface area contributed by atoms with Gasteiger partial charge in [-0.3, -0.25) is 9.58 Å². The van der Waals surface area contributed by atoms with Gasteiger partial charge < -0.3 is 10.5 Å². The van der Waals surface area contributed by atoms with Crippen molar-refractivity contribution in [1.29, 1.82) is 0 Å². The van der Waals surface area contributed by atoms with Crippen molar-refractivity contribution >= 4 is 0 Å². The number of hydrogen-bond donors (Lipinski definition) is 1. The number of aryl methyl sites for hydroxylation is 1. The van der Waals surface area contributed by atoms with Crippen molar-refractivity contribution in [3.63, 3.8) is 0 Å². The van der Waals surface area contributed by atoms with E-state index in [1.165, 1.54) is 5.56 Å². The van der Waals surface area contributed by atoms with Crippen LogP contribution in [-0.4, -0.2) is 46.5 Å². The maximum Gasteiger partial charge on any atom is 0.0590 e. The van der Waals surface area contributed by atoms with Crippen LogP contribution in [0.1, 0.15) is 31.7 Å². The Hall–Kier alpha value is -0.910. The van der Waals surface area contributed by atoms with Crippen LogP contribution < -0.4 is 5.73 Å². The van der Waals surface area contributed by atoms with Gasteiger partial charge in [-0.05, 0) is 26.3 Å². The molecule has 2 heterocycles. The van der Waals surface area contributed by atoms with E-state index >= 15 is 0 Å². The molecule has 2 rings (SSSR count). The normalized spacial score (nSPS) is 27.9. The van der Waals surface area contributed by atoms with E-state index < -0.39 is 0 Å². The molecule has 1 aliphatic rings. The Bertz CT molecular complexity index is 406. The number of nitrogens with zero attached hydrogens (tertiary/aromatic N) is 3. The highest BCUT2D eigenvalue weighted by Gasteiger charge is 2.38. The van der Waals surface area contributed by atoms with Gasteiger partial charge in [0.05, 0.1) is 12.3 Å². The second kappa shape index (κ2) is 6.03. The summed E-state index contributed by atoms with van der Waals surface area (Å²) in [5.41, 5.74) is 7.39. The van der Waals surface area contributed by atoms with E-state index in [2.05, 4.69) is 30.2 Å². The third-order valence-corrected chi connectivity index (χ3v) is 4.35. The van der Waals surface area contributed by atoms with Crippen LogP contribution in [0, 0.1) is 0 Å². The summed E-state index contributed by atoms with van der Waals surface area (Å²) in [4.78, 5) is 2.38. The maximum absolute atomic E-state index is 6.10. The summed E-state index contributed by atoms with van der Waals surface area (Å²) in [6, 6.07) is 0. The van der Waals surface area contributed by atoms with Crippen molar-refractivity contribution in [3.8, 4) is 0 Å². The molecule has 19 heavy (non-hydrogen) atoms. The Morgan fingerprint density at radius 2 is 2.42 bits per heavy atom. The van der Waals surface area contributed by atoms with Gasteiger partial charge in [-0.1, -0.05) is 6.92 Å². The molecule has 0 radical (unpaired) electrons. The van der Waals surface area contributed by atoms with E-state index in [-0.39, 0.29) is 5.54 Å². The summed E-state index contributed by atoms with van der Waals surface area (Å²) in [6.07, 6.45) is 7.43. The topological polar surface area (TPSA) is 56.3 Å². The summed E-state index contributed by atoms with van der Waals surface area (Å²) in [5.74, 6) is 0. The first-order valence-electron chi connectivity index (χ1n) is 7.10. The summed E-state index contributed by atoms with van der Waals surface area (Å²) in [6.45, 7) is 4.57. The van der Waals surface area contributed by atoms with Crippen LogP contribution in [0.3, 0.4) is 0 Å². The molecule has 2 N–H and O–H groups in total. The molecule has 0 aliphatic carbocycles. The van der Waals surface area contributed by atoms with Crippen LogP contribution in [0.2, 0.25) is 0 Å². The molecule has 1 fully saturated rings. The van der Waals surface area contributed by atoms with Crippen LogP contribution >= 0.6 is 0 Å². The quantitative estimate of drug-likeness (QED) is 0.868. The van der Waals surface area contributed by atoms with E-state index in [4.69, 9.17) is 10.5 Å². The smallest absolute Gasteiger partial charge is 0.0590 e. The van der Waals surface area contributed by atoms with Gasteiger partial charge in [0, 0.05) is 44.0 Å². The number of rotatable bonds is 5. The Kier molecular flexibility index (Phi) is 4.60. The zero-order valence-electron chi connectivity index (χ0n) is 12.3. The lowest BCUT2D eigenvalue weighted by atomic mass is 9.84. The fraction of sp³-hybridized carbons (Fsp3) is 0.786. The predicted octanol–water partition coefficient (Wildman–Crippen LogP) is 1.14. The van der Waals surface area contributed by atoms with Gasteiger partial charge in [0.15, 0.2) is 0 Å². The number of nitrogens with two attached hydrogens (primary N) is 1. The summed E-state index contributed by atoms with van der Waals surface area (Å²) < 4.78 is 7.63. The Labute approximate surface area is 115 Å². The Morgan fingerprint density at radius 1 is 1.63 bits per heavy atom. The molecular weight excluding hydrogens is 240 g/mol. The summed E-state index contributed by atoms with van der Waals surface area (Å²) in [7, 11) is 4.11. The third kappa shape index (κ3) is 3.16. The number of ether oxygens (including phenoxy) is 1. The standard InChI is InChI=1S/C14H26N4O/c1-4-13-7-14(11-15,5-6-19-13)17(2)9-12-8-16-18(3)10-12/h8,10,13H,4-7,9,11,15H2,1-3H3. The molecular formula is C14H26N4O. The summed E-state index contributed by atoms with van der Waals surface area (Å²) in [5, 5.41) is 4.23. The van der Waals surface area contributed by atoms with E-state index in [0.717, 1.165) is 32.4 Å². The van der Waals surface area contributed by atoms with Crippen molar-refractivity contribution < 1.29 is 4.74 Å². The SMILES string of the molecule is CCC1CC(CN)(N(C)Cc2cnn(C)c2)CCO1. The minimum atomic E-state index is 0.0643. The van der Waals surface area contributed by atoms with E-state index in [1.807, 2.05) is 17.9 Å². The minimum absolute atomic E-state index is 0.0643. The molecule has 5 heteroatoms. The Morgan fingerprint density at radius 3 is 3.00 bits per heavy atom. The zero-order chi connectivity index (χ0) is 13.9. The van der Waals surface area contributed by atoms with Crippen LogP contribution in [0.4, 0.5) is 0 Å². The largest absolute Gasteiger partial charge is 0.378 e. The van der Waals surface area contributed by atoms with Crippen molar-refractivity contribution in [2.45, 2.75) is 44.4 Å². The summed E-state index contributed by atoms with van der Waals surface area (Å²) >= 11 is 0. The van der Waals surface area contributed by atoms with Gasteiger partial charge in [0.2, 0.25) is 0 Å². The van der Waals surface area contributed by atoms with Crippen molar-refractivity contribution in [2.75, 3.05) is 20.2 Å². The van der Waals surface area contributed by atoms with Crippen LogP contribution in [0.5, 0.6) is 0 Å². The van der Waals surface area contributed by atoms with E-state index in [0.29, 0.717) is 12.6 Å². The van der Waals surface area contributed by atoms with E-state index in [9.17, 15) is 0 Å². The van der Waals surface area contributed by atoms with Crippen LogP contribution in [-0.2, 0) is 18.3 Å². The molecule has 1 aliphatic heterocycles. The molecule has 1 saturated heterocycles. The lowest BCUT2D eigenvalue weighted by molar-refractivity contribution is -0.0671. The Balaban J connectivity index is 2.07. The van der Waals surface area contributed by atoms with Crippen LogP contribution in [0.15, 0.2) is 12.4 Å². The number of aromatic nitrogens is 2. The molecule has 0 amide bonds. The second-order valence-electron chi connectivity index (χ2n) is 5.66. The molecule has 1 aromatic rings. The molecule has 1 aromatic heterocycles. The highest BCUT2D eigenvalue weighted by atomic mass is 16.5. The molecule has 0 bridgehead atoms. The average Bonchev–Trinajstić information content (AvgIpc) is 2.84. The van der Waals surface area contributed by atoms with Gasteiger partial charge in [-0.25, -0.2) is 0 Å². The number of likely N-dealkylation sites (N-methyl/N-ethyl adjacent to an activating group) is 1. The van der Waals surface area contributed by atoms with Gasteiger partial charge in [-0.2, -0.15) is 5.10 Å². The van der Waals surface area contributed by atoms with Crippen molar-refractivity contribution in [1.82, 2.24) is 14.7 Å². The predicted molar refractivity (Wildman–Crippen MR) is 75.7 cm³/mol.